The number of carbonyl (C=O) groups excluding carboxylic acids is 1. The quantitative estimate of drug-likeness (QED) is 0.628. The molecule has 0 spiro atoms. The second-order valence-corrected chi connectivity index (χ2v) is 8.45. The average Bonchev–Trinajstić information content (AvgIpc) is 2.62. The van der Waals surface area contributed by atoms with Crippen molar-refractivity contribution in [3.05, 3.63) is 69.0 Å². The minimum absolute atomic E-state index is 0.231. The summed E-state index contributed by atoms with van der Waals surface area (Å²) in [4.78, 5) is 30.3. The molecule has 0 aliphatic carbocycles. The molecule has 0 saturated carbocycles. The van der Waals surface area contributed by atoms with Gasteiger partial charge < -0.3 is 10.1 Å². The van der Waals surface area contributed by atoms with Crippen LogP contribution in [0.2, 0.25) is 5.02 Å². The van der Waals surface area contributed by atoms with Gasteiger partial charge in [0, 0.05) is 0 Å². The number of rotatable bonds is 3. The molecule has 0 fully saturated rings. The monoisotopic (exact) mass is 431 g/mol. The van der Waals surface area contributed by atoms with Gasteiger partial charge in [0.25, 0.3) is 5.56 Å². The Hall–Kier alpha value is -2.93. The van der Waals surface area contributed by atoms with Gasteiger partial charge in [-0.2, -0.15) is 0 Å². The van der Waals surface area contributed by atoms with E-state index < -0.39 is 29.1 Å². The van der Waals surface area contributed by atoms with Crippen LogP contribution in [0.4, 0.5) is 9.18 Å². The number of amides is 1. The smallest absolute Gasteiger partial charge is 0.408 e. The van der Waals surface area contributed by atoms with Gasteiger partial charge in [-0.15, -0.1) is 0 Å². The van der Waals surface area contributed by atoms with E-state index in [1.54, 1.807) is 45.9 Å². The number of carbonyl (C=O) groups is 1. The molecular formula is C22H23ClFN3O3. The molecular weight excluding hydrogens is 409 g/mol. The number of fused-ring (bicyclic) bond motifs is 1. The molecule has 8 heteroatoms. The van der Waals surface area contributed by atoms with Gasteiger partial charge >= 0.3 is 6.09 Å². The van der Waals surface area contributed by atoms with Crippen LogP contribution in [-0.2, 0) is 4.74 Å². The van der Waals surface area contributed by atoms with E-state index >= 15 is 0 Å². The number of alkyl carbamates (subject to hydrolysis) is 1. The van der Waals surface area contributed by atoms with Crippen LogP contribution in [0.5, 0.6) is 0 Å². The standard InChI is InChI=1S/C22H23ClFN3O3/c1-12-9-10-16(23)17-18(12)26-19(13(2)25-21(29)30-22(3,4)5)27(20(17)28)15-8-6-7-14(24)11-15/h6-11,13H,1-5H3,(H,25,29). The topological polar surface area (TPSA) is 73.2 Å². The number of benzene rings is 2. The fraction of sp³-hybridized carbons (Fsp3) is 0.318. The molecule has 3 aromatic rings. The molecule has 0 saturated heterocycles. The van der Waals surface area contributed by atoms with Crippen LogP contribution < -0.4 is 10.9 Å². The first-order chi connectivity index (χ1) is 14.0. The van der Waals surface area contributed by atoms with Crippen molar-refractivity contribution in [2.45, 2.75) is 46.3 Å². The maximum atomic E-state index is 13.9. The third-order valence-electron chi connectivity index (χ3n) is 4.39. The molecule has 1 aromatic heterocycles. The number of halogens is 2. The van der Waals surface area contributed by atoms with Crippen molar-refractivity contribution in [3.8, 4) is 5.69 Å². The van der Waals surface area contributed by atoms with Gasteiger partial charge in [-0.1, -0.05) is 23.7 Å². The molecule has 1 atom stereocenters. The fourth-order valence-electron chi connectivity index (χ4n) is 3.10. The van der Waals surface area contributed by atoms with Gasteiger partial charge in [0.1, 0.15) is 17.2 Å². The van der Waals surface area contributed by atoms with Crippen molar-refractivity contribution < 1.29 is 13.9 Å². The van der Waals surface area contributed by atoms with Gasteiger partial charge in [0.2, 0.25) is 0 Å². The molecule has 1 unspecified atom stereocenters. The third kappa shape index (κ3) is 4.46. The summed E-state index contributed by atoms with van der Waals surface area (Å²) >= 11 is 6.30. The largest absolute Gasteiger partial charge is 0.444 e. The van der Waals surface area contributed by atoms with Crippen LogP contribution in [0.15, 0.2) is 41.2 Å². The van der Waals surface area contributed by atoms with E-state index in [1.807, 2.05) is 6.92 Å². The van der Waals surface area contributed by atoms with Gasteiger partial charge in [-0.05, 0) is 64.4 Å². The van der Waals surface area contributed by atoms with Crippen molar-refractivity contribution in [1.82, 2.24) is 14.9 Å². The number of nitrogens with one attached hydrogen (secondary N) is 1. The van der Waals surface area contributed by atoms with Crippen molar-refractivity contribution in [1.29, 1.82) is 0 Å². The Morgan fingerprint density at radius 3 is 2.60 bits per heavy atom. The molecule has 1 amide bonds. The molecule has 0 aliphatic heterocycles. The summed E-state index contributed by atoms with van der Waals surface area (Å²) in [6, 6.07) is 8.27. The van der Waals surface area contributed by atoms with Crippen LogP contribution in [0, 0.1) is 12.7 Å². The zero-order chi connectivity index (χ0) is 22.2. The maximum absolute atomic E-state index is 13.9. The van der Waals surface area contributed by atoms with Crippen LogP contribution in [-0.4, -0.2) is 21.2 Å². The summed E-state index contributed by atoms with van der Waals surface area (Å²) in [7, 11) is 0. The first-order valence-electron chi connectivity index (χ1n) is 9.45. The molecule has 1 heterocycles. The number of aryl methyl sites for hydroxylation is 1. The number of nitrogens with zero attached hydrogens (tertiary/aromatic N) is 2. The normalized spacial score (nSPS) is 12.6. The van der Waals surface area contributed by atoms with Crippen LogP contribution in [0.1, 0.15) is 45.1 Å². The lowest BCUT2D eigenvalue weighted by molar-refractivity contribution is 0.0505. The predicted octanol–water partition coefficient (Wildman–Crippen LogP) is 5.07. The van der Waals surface area contributed by atoms with Gasteiger partial charge in [-0.25, -0.2) is 14.2 Å². The lowest BCUT2D eigenvalue weighted by Gasteiger charge is -2.23. The lowest BCUT2D eigenvalue weighted by atomic mass is 10.1. The minimum atomic E-state index is -0.710. The van der Waals surface area contributed by atoms with Crippen molar-refractivity contribution in [2.75, 3.05) is 0 Å². The highest BCUT2D eigenvalue weighted by molar-refractivity contribution is 6.35. The molecule has 3 rings (SSSR count). The molecule has 1 N–H and O–H groups in total. The Balaban J connectivity index is 2.23. The molecule has 6 nitrogen and oxygen atoms in total. The average molecular weight is 432 g/mol. The van der Waals surface area contributed by atoms with E-state index in [-0.39, 0.29) is 21.9 Å². The van der Waals surface area contributed by atoms with E-state index in [4.69, 9.17) is 16.3 Å². The molecule has 30 heavy (non-hydrogen) atoms. The van der Waals surface area contributed by atoms with Crippen LogP contribution >= 0.6 is 11.6 Å². The second-order valence-electron chi connectivity index (χ2n) is 8.05. The molecule has 158 valence electrons. The first kappa shape index (κ1) is 21.8. The number of ether oxygens (including phenoxy) is 1. The highest BCUT2D eigenvalue weighted by Gasteiger charge is 2.24. The van der Waals surface area contributed by atoms with Crippen LogP contribution in [0.3, 0.4) is 0 Å². The zero-order valence-electron chi connectivity index (χ0n) is 17.4. The summed E-state index contributed by atoms with van der Waals surface area (Å²) in [5.41, 5.74) is 0.316. The summed E-state index contributed by atoms with van der Waals surface area (Å²) in [6.07, 6.45) is -0.655. The molecule has 2 aromatic carbocycles. The Kier molecular flexibility index (Phi) is 5.85. The SMILES string of the molecule is Cc1ccc(Cl)c2c(=O)n(-c3cccc(F)c3)c(C(C)NC(=O)OC(C)(C)C)nc12. The van der Waals surface area contributed by atoms with E-state index in [2.05, 4.69) is 10.3 Å². The second kappa shape index (κ2) is 8.07. The summed E-state index contributed by atoms with van der Waals surface area (Å²) < 4.78 is 20.5. The van der Waals surface area contributed by atoms with E-state index in [1.165, 1.54) is 22.8 Å². The van der Waals surface area contributed by atoms with Gasteiger partial charge in [0.05, 0.1) is 27.7 Å². The van der Waals surface area contributed by atoms with Crippen molar-refractivity contribution >= 4 is 28.6 Å². The van der Waals surface area contributed by atoms with E-state index in [9.17, 15) is 14.0 Å². The lowest BCUT2D eigenvalue weighted by Crippen LogP contribution is -2.37. The van der Waals surface area contributed by atoms with Gasteiger partial charge in [0.15, 0.2) is 0 Å². The molecule has 0 radical (unpaired) electrons. The van der Waals surface area contributed by atoms with Crippen LogP contribution in [0.25, 0.3) is 16.6 Å². The van der Waals surface area contributed by atoms with Gasteiger partial charge in [-0.3, -0.25) is 9.36 Å². The maximum Gasteiger partial charge on any atom is 0.408 e. The predicted molar refractivity (Wildman–Crippen MR) is 115 cm³/mol. The molecule has 0 bridgehead atoms. The fourth-order valence-corrected chi connectivity index (χ4v) is 3.34. The third-order valence-corrected chi connectivity index (χ3v) is 4.70. The minimum Gasteiger partial charge on any atom is -0.444 e. The highest BCUT2D eigenvalue weighted by atomic mass is 35.5. The Bertz CT molecular complexity index is 1180. The first-order valence-corrected chi connectivity index (χ1v) is 9.83. The summed E-state index contributed by atoms with van der Waals surface area (Å²) in [5, 5.41) is 3.17. The highest BCUT2D eigenvalue weighted by Crippen LogP contribution is 2.25. The molecule has 0 aliphatic rings. The Labute approximate surface area is 178 Å². The zero-order valence-corrected chi connectivity index (χ0v) is 18.2. The number of hydrogen-bond donors (Lipinski definition) is 1. The Morgan fingerprint density at radius 2 is 1.97 bits per heavy atom. The number of hydrogen-bond acceptors (Lipinski definition) is 4. The van der Waals surface area contributed by atoms with Crippen molar-refractivity contribution in [3.63, 3.8) is 0 Å². The Morgan fingerprint density at radius 1 is 1.27 bits per heavy atom. The van der Waals surface area contributed by atoms with Crippen molar-refractivity contribution in [2.24, 2.45) is 0 Å². The van der Waals surface area contributed by atoms with E-state index in [0.29, 0.717) is 5.52 Å². The van der Waals surface area contributed by atoms with E-state index in [0.717, 1.165) is 5.56 Å². The number of aromatic nitrogens is 2. The summed E-state index contributed by atoms with van der Waals surface area (Å²) in [5.74, 6) is -0.275. The summed E-state index contributed by atoms with van der Waals surface area (Å²) in [6.45, 7) is 8.74.